The number of hydrogen-bond acceptors (Lipinski definition) is 5. The van der Waals surface area contributed by atoms with Gasteiger partial charge in [0, 0.05) is 59.2 Å². The van der Waals surface area contributed by atoms with E-state index < -0.39 is 5.91 Å². The van der Waals surface area contributed by atoms with E-state index in [-0.39, 0.29) is 18.4 Å². The Balaban J connectivity index is 1.56. The van der Waals surface area contributed by atoms with Crippen LogP contribution in [0.15, 0.2) is 65.2 Å². The molecule has 0 radical (unpaired) electrons. The fourth-order valence-electron chi connectivity index (χ4n) is 6.03. The maximum atomic E-state index is 13.5. The smallest absolute Gasteiger partial charge is 0.253 e. The molecule has 2 aromatic heterocycles. The van der Waals surface area contributed by atoms with E-state index in [0.29, 0.717) is 36.5 Å². The van der Waals surface area contributed by atoms with Gasteiger partial charge in [-0.05, 0) is 74.1 Å². The number of amides is 2. The van der Waals surface area contributed by atoms with Crippen LogP contribution in [0.2, 0.25) is 0 Å². The van der Waals surface area contributed by atoms with Gasteiger partial charge < -0.3 is 24.8 Å². The molecule has 0 aliphatic carbocycles. The third-order valence-corrected chi connectivity index (χ3v) is 8.14. The van der Waals surface area contributed by atoms with Crippen LogP contribution in [0.5, 0.6) is 0 Å². The summed E-state index contributed by atoms with van der Waals surface area (Å²) in [6, 6.07) is 19.7. The monoisotopic (exact) mass is 536 g/mol. The molecule has 0 atom stereocenters. The molecule has 1 saturated heterocycles. The lowest BCUT2D eigenvalue weighted by Crippen LogP contribution is -2.39. The van der Waals surface area contributed by atoms with Crippen molar-refractivity contribution in [2.45, 2.75) is 33.2 Å². The number of aliphatic hydroxyl groups excluding tert-OH is 1. The Bertz CT molecular complexity index is 1720. The van der Waals surface area contributed by atoms with Crippen LogP contribution in [0, 0.1) is 19.8 Å². The van der Waals surface area contributed by atoms with Gasteiger partial charge in [0.2, 0.25) is 5.91 Å². The maximum absolute atomic E-state index is 13.5. The first-order valence-electron chi connectivity index (χ1n) is 13.6. The summed E-state index contributed by atoms with van der Waals surface area (Å²) in [5, 5.41) is 15.1. The van der Waals surface area contributed by atoms with Gasteiger partial charge in [-0.2, -0.15) is 0 Å². The number of fused-ring (bicyclic) bond motifs is 3. The Morgan fingerprint density at radius 2 is 1.77 bits per heavy atom. The summed E-state index contributed by atoms with van der Waals surface area (Å²) >= 11 is 0. The predicted molar refractivity (Wildman–Crippen MR) is 154 cm³/mol. The molecule has 6 rings (SSSR count). The zero-order valence-corrected chi connectivity index (χ0v) is 22.7. The molecule has 5 aromatic rings. The fourth-order valence-corrected chi connectivity index (χ4v) is 6.03. The average molecular weight is 537 g/mol. The number of aryl methyl sites for hydroxylation is 2. The highest BCUT2D eigenvalue weighted by Crippen LogP contribution is 2.38. The highest BCUT2D eigenvalue weighted by Gasteiger charge is 2.26. The summed E-state index contributed by atoms with van der Waals surface area (Å²) in [6.07, 6.45) is 1.58. The van der Waals surface area contributed by atoms with Crippen molar-refractivity contribution in [2.24, 2.45) is 11.7 Å². The molecule has 1 fully saturated rings. The maximum Gasteiger partial charge on any atom is 0.253 e. The minimum absolute atomic E-state index is 0.0461. The second kappa shape index (κ2) is 10.3. The number of piperidine rings is 1. The standard InChI is InChI=1S/C32H32N4O4/c1-19-29(20(2)40-34-19)24-15-26(31(33)38)30-25-14-23(32(39)35-12-10-22(18-37)11-13-35)8-9-27(25)36(28(30)16-24)17-21-6-4-3-5-7-21/h3-9,14-16,22,37H,10-13,17-18H2,1-2H3,(H2,33,38). The number of rotatable bonds is 6. The van der Waals surface area contributed by atoms with Crippen molar-refractivity contribution in [2.75, 3.05) is 19.7 Å². The Labute approximate surface area is 232 Å². The quantitative estimate of drug-likeness (QED) is 0.315. The van der Waals surface area contributed by atoms with Gasteiger partial charge in [-0.15, -0.1) is 0 Å². The van der Waals surface area contributed by atoms with Crippen molar-refractivity contribution in [3.63, 3.8) is 0 Å². The minimum atomic E-state index is -0.542. The van der Waals surface area contributed by atoms with Crippen LogP contribution in [0.1, 0.15) is 50.6 Å². The van der Waals surface area contributed by atoms with Gasteiger partial charge in [0.1, 0.15) is 5.76 Å². The van der Waals surface area contributed by atoms with Gasteiger partial charge in [-0.25, -0.2) is 0 Å². The van der Waals surface area contributed by atoms with Crippen LogP contribution >= 0.6 is 0 Å². The third-order valence-electron chi connectivity index (χ3n) is 8.14. The molecule has 2 amide bonds. The van der Waals surface area contributed by atoms with E-state index in [1.165, 1.54) is 0 Å². The van der Waals surface area contributed by atoms with E-state index in [1.807, 2.05) is 55.1 Å². The van der Waals surface area contributed by atoms with Crippen molar-refractivity contribution in [1.29, 1.82) is 0 Å². The minimum Gasteiger partial charge on any atom is -0.396 e. The molecule has 3 N–H and O–H groups in total. The Morgan fingerprint density at radius 1 is 1.02 bits per heavy atom. The zero-order chi connectivity index (χ0) is 28.0. The number of carbonyl (C=O) groups excluding carboxylic acids is 2. The molecule has 0 saturated carbocycles. The van der Waals surface area contributed by atoms with Crippen molar-refractivity contribution >= 4 is 33.6 Å². The Kier molecular flexibility index (Phi) is 6.64. The SMILES string of the molecule is Cc1noc(C)c1-c1cc(C(N)=O)c2c3cc(C(=O)N4CCC(CO)CC4)ccc3n(Cc3ccccc3)c2c1. The summed E-state index contributed by atoms with van der Waals surface area (Å²) < 4.78 is 7.61. The fraction of sp³-hybridized carbons (Fsp3) is 0.281. The number of nitrogens with zero attached hydrogens (tertiary/aromatic N) is 3. The van der Waals surface area contributed by atoms with E-state index >= 15 is 0 Å². The molecule has 204 valence electrons. The highest BCUT2D eigenvalue weighted by atomic mass is 16.5. The van der Waals surface area contributed by atoms with Gasteiger partial charge in [-0.3, -0.25) is 9.59 Å². The number of aromatic nitrogens is 2. The number of aliphatic hydroxyl groups is 1. The first-order chi connectivity index (χ1) is 19.4. The highest BCUT2D eigenvalue weighted by molar-refractivity contribution is 6.20. The van der Waals surface area contributed by atoms with E-state index in [2.05, 4.69) is 27.9 Å². The first-order valence-corrected chi connectivity index (χ1v) is 13.6. The van der Waals surface area contributed by atoms with E-state index in [0.717, 1.165) is 57.0 Å². The molecular formula is C32H32N4O4. The number of likely N-dealkylation sites (tertiary alicyclic amines) is 1. The lowest BCUT2D eigenvalue weighted by atomic mass is 9.96. The summed E-state index contributed by atoms with van der Waals surface area (Å²) in [5.41, 5.74) is 12.2. The third kappa shape index (κ3) is 4.44. The molecule has 8 heteroatoms. The van der Waals surface area contributed by atoms with Gasteiger partial charge in [-0.1, -0.05) is 35.5 Å². The van der Waals surface area contributed by atoms with Crippen LogP contribution < -0.4 is 5.73 Å². The molecule has 0 unspecified atom stereocenters. The molecule has 3 aromatic carbocycles. The number of hydrogen-bond donors (Lipinski definition) is 2. The average Bonchev–Trinajstić information content (AvgIpc) is 3.47. The van der Waals surface area contributed by atoms with E-state index in [4.69, 9.17) is 10.3 Å². The summed E-state index contributed by atoms with van der Waals surface area (Å²) in [4.78, 5) is 28.3. The predicted octanol–water partition coefficient (Wildman–Crippen LogP) is 5.06. The molecule has 0 bridgehead atoms. The number of carbonyl (C=O) groups is 2. The number of primary amides is 1. The zero-order valence-electron chi connectivity index (χ0n) is 22.7. The Morgan fingerprint density at radius 3 is 2.42 bits per heavy atom. The van der Waals surface area contributed by atoms with Crippen LogP contribution in [0.4, 0.5) is 0 Å². The van der Waals surface area contributed by atoms with Gasteiger partial charge >= 0.3 is 0 Å². The Hall–Kier alpha value is -4.43. The largest absolute Gasteiger partial charge is 0.396 e. The normalized spacial score (nSPS) is 14.3. The second-order valence-corrected chi connectivity index (χ2v) is 10.7. The molecule has 0 spiro atoms. The molecule has 1 aliphatic heterocycles. The molecule has 8 nitrogen and oxygen atoms in total. The first kappa shape index (κ1) is 25.8. The number of nitrogens with two attached hydrogens (primary N) is 1. The van der Waals surface area contributed by atoms with Gasteiger partial charge in [0.25, 0.3) is 5.91 Å². The van der Waals surface area contributed by atoms with Crippen LogP contribution in [0.3, 0.4) is 0 Å². The molecule has 40 heavy (non-hydrogen) atoms. The van der Waals surface area contributed by atoms with Crippen molar-refractivity contribution in [1.82, 2.24) is 14.6 Å². The second-order valence-electron chi connectivity index (χ2n) is 10.7. The van der Waals surface area contributed by atoms with Gasteiger partial charge in [0.15, 0.2) is 0 Å². The van der Waals surface area contributed by atoms with Crippen molar-refractivity contribution < 1.29 is 19.2 Å². The van der Waals surface area contributed by atoms with Crippen molar-refractivity contribution in [3.05, 3.63) is 88.8 Å². The van der Waals surface area contributed by atoms with Crippen LogP contribution in [-0.4, -0.2) is 51.2 Å². The summed E-state index contributed by atoms with van der Waals surface area (Å²) in [6.45, 7) is 5.69. The van der Waals surface area contributed by atoms with E-state index in [1.54, 1.807) is 6.07 Å². The van der Waals surface area contributed by atoms with Gasteiger partial charge in [0.05, 0.1) is 11.2 Å². The molecular weight excluding hydrogens is 504 g/mol. The lowest BCUT2D eigenvalue weighted by molar-refractivity contribution is 0.0651. The van der Waals surface area contributed by atoms with Crippen LogP contribution in [0.25, 0.3) is 32.9 Å². The van der Waals surface area contributed by atoms with E-state index in [9.17, 15) is 14.7 Å². The lowest BCUT2D eigenvalue weighted by Gasteiger charge is -2.31. The molecule has 3 heterocycles. The molecule has 1 aliphatic rings. The summed E-state index contributed by atoms with van der Waals surface area (Å²) in [5.74, 6) is 0.318. The number of benzene rings is 3. The van der Waals surface area contributed by atoms with Crippen LogP contribution in [-0.2, 0) is 6.54 Å². The van der Waals surface area contributed by atoms with Crippen molar-refractivity contribution in [3.8, 4) is 11.1 Å². The topological polar surface area (TPSA) is 115 Å². The summed E-state index contributed by atoms with van der Waals surface area (Å²) in [7, 11) is 0.